The van der Waals surface area contributed by atoms with Gasteiger partial charge in [0, 0.05) is 27.1 Å². The third-order valence-electron chi connectivity index (χ3n) is 7.25. The second-order valence-electron chi connectivity index (χ2n) is 11.3. The Morgan fingerprint density at radius 1 is 0.821 bits per heavy atom. The van der Waals surface area contributed by atoms with Crippen LogP contribution in [-0.2, 0) is 19.1 Å². The minimum absolute atomic E-state index is 0.125. The number of aliphatic hydroxyl groups is 5. The van der Waals surface area contributed by atoms with Crippen LogP contribution in [0.15, 0.2) is 0 Å². The molecule has 2 heterocycles. The van der Waals surface area contributed by atoms with Crippen molar-refractivity contribution in [2.75, 3.05) is 26.4 Å². The zero-order chi connectivity index (χ0) is 29.4. The lowest BCUT2D eigenvalue weighted by Crippen LogP contribution is -2.60. The molecule has 0 aromatic rings. The molecule has 0 radical (unpaired) electrons. The number of amides is 2. The van der Waals surface area contributed by atoms with Gasteiger partial charge < -0.3 is 45.6 Å². The Balaban J connectivity index is 0.000000292. The van der Waals surface area contributed by atoms with Gasteiger partial charge in [0.05, 0.1) is 37.5 Å². The minimum atomic E-state index is -1.37. The Bertz CT molecular complexity index is 673. The third kappa shape index (κ3) is 15.9. The average molecular weight is 563 g/mol. The summed E-state index contributed by atoms with van der Waals surface area (Å²) < 4.78 is 10.3. The van der Waals surface area contributed by atoms with Gasteiger partial charge in [-0.25, -0.2) is 0 Å². The summed E-state index contributed by atoms with van der Waals surface area (Å²) in [6.45, 7) is 7.95. The molecule has 11 heteroatoms. The molecule has 0 spiro atoms. The van der Waals surface area contributed by atoms with E-state index in [2.05, 4.69) is 24.5 Å². The molecule has 11 nitrogen and oxygen atoms in total. The Labute approximate surface area is 233 Å². The first-order valence-corrected chi connectivity index (χ1v) is 14.5. The van der Waals surface area contributed by atoms with Crippen molar-refractivity contribution in [1.29, 1.82) is 0 Å². The molecule has 0 aromatic carbocycles. The van der Waals surface area contributed by atoms with Crippen LogP contribution in [0, 0.1) is 11.8 Å². The van der Waals surface area contributed by atoms with E-state index in [0.29, 0.717) is 26.1 Å². The number of ether oxygens (including phenoxy) is 2. The molecular formula is C28H54N2O9. The van der Waals surface area contributed by atoms with E-state index in [4.69, 9.17) is 14.6 Å². The van der Waals surface area contributed by atoms with Crippen LogP contribution in [-0.4, -0.2) is 106 Å². The van der Waals surface area contributed by atoms with Crippen LogP contribution in [0.1, 0.15) is 85.5 Å². The number of hydrogen-bond donors (Lipinski definition) is 7. The molecule has 0 bridgehead atoms. The number of aliphatic hydroxyl groups excluding tert-OH is 5. The Morgan fingerprint density at radius 2 is 1.38 bits per heavy atom. The zero-order valence-corrected chi connectivity index (χ0v) is 24.3. The molecule has 39 heavy (non-hydrogen) atoms. The number of carbonyl (C=O) groups is 2. The average Bonchev–Trinajstić information content (AvgIpc) is 3.69. The van der Waals surface area contributed by atoms with Gasteiger partial charge in [0.25, 0.3) is 0 Å². The number of rotatable bonds is 5. The van der Waals surface area contributed by atoms with Gasteiger partial charge in [-0.1, -0.05) is 58.8 Å². The molecule has 7 unspecified atom stereocenters. The van der Waals surface area contributed by atoms with Gasteiger partial charge in [-0.3, -0.25) is 9.59 Å². The van der Waals surface area contributed by atoms with E-state index in [1.807, 2.05) is 0 Å². The van der Waals surface area contributed by atoms with E-state index < -0.39 is 43.2 Å². The van der Waals surface area contributed by atoms with Crippen molar-refractivity contribution in [2.45, 2.75) is 128 Å². The number of carbonyl (C=O) groups excluding carboxylic acids is 2. The molecule has 2 aliphatic heterocycles. The summed E-state index contributed by atoms with van der Waals surface area (Å²) in [5, 5.41) is 52.0. The SMILES string of the molecule is CC(=O)NC1C(O)CCOC1C(O)C(O)CO.CC(=O)NC1COCCC1O.CC1CC1.CC1CCCCC1. The Hall–Kier alpha value is -1.34. The number of nitrogens with one attached hydrogen (secondary N) is 2. The standard InChI is InChI=1S/C10H19NO6.C7H13NO3.C7H14.C4H8/c1-5(13)11-8-6(14)2-3-17-10(8)9(16)7(15)4-12;1-5(9)8-6-4-11-3-2-7(6)10;1-7-5-3-2-4-6-7;1-4-2-3-4/h6-10,12,14-16H,2-4H2,1H3,(H,11,13);6-7,10H,2-4H2,1H3,(H,8,9);7H,2-6H2,1H3;4H,2-3H2,1H3. The normalized spacial score (nSPS) is 30.4. The van der Waals surface area contributed by atoms with Crippen molar-refractivity contribution in [1.82, 2.24) is 10.6 Å². The molecular weight excluding hydrogens is 508 g/mol. The third-order valence-corrected chi connectivity index (χ3v) is 7.25. The first kappa shape index (κ1) is 35.7. The fourth-order valence-corrected chi connectivity index (χ4v) is 4.48. The van der Waals surface area contributed by atoms with Gasteiger partial charge in [-0.2, -0.15) is 0 Å². The minimum Gasteiger partial charge on any atom is -0.394 e. The largest absolute Gasteiger partial charge is 0.394 e. The highest BCUT2D eigenvalue weighted by Gasteiger charge is 2.40. The zero-order valence-electron chi connectivity index (χ0n) is 24.3. The molecule has 7 N–H and O–H groups in total. The molecule has 4 aliphatic rings. The van der Waals surface area contributed by atoms with Crippen molar-refractivity contribution in [3.63, 3.8) is 0 Å². The number of hydrogen-bond acceptors (Lipinski definition) is 9. The van der Waals surface area contributed by atoms with Gasteiger partial charge in [0.2, 0.25) is 11.8 Å². The maximum Gasteiger partial charge on any atom is 0.217 e. The van der Waals surface area contributed by atoms with E-state index in [1.165, 1.54) is 58.8 Å². The van der Waals surface area contributed by atoms with E-state index in [0.717, 1.165) is 11.8 Å². The van der Waals surface area contributed by atoms with Crippen LogP contribution in [0.25, 0.3) is 0 Å². The van der Waals surface area contributed by atoms with Crippen LogP contribution < -0.4 is 10.6 Å². The summed E-state index contributed by atoms with van der Waals surface area (Å²) in [7, 11) is 0. The van der Waals surface area contributed by atoms with Crippen molar-refractivity contribution in [3.05, 3.63) is 0 Å². The van der Waals surface area contributed by atoms with E-state index in [9.17, 15) is 30.0 Å². The molecule has 2 saturated heterocycles. The summed E-state index contributed by atoms with van der Waals surface area (Å²) in [5.74, 6) is 1.63. The monoisotopic (exact) mass is 562 g/mol. The predicted molar refractivity (Wildman–Crippen MR) is 147 cm³/mol. The first-order chi connectivity index (χ1) is 18.5. The lowest BCUT2D eigenvalue weighted by molar-refractivity contribution is -0.156. The summed E-state index contributed by atoms with van der Waals surface area (Å²) in [6, 6.07) is -1.02. The molecule has 4 fully saturated rings. The van der Waals surface area contributed by atoms with Crippen molar-refractivity contribution >= 4 is 11.8 Å². The fraction of sp³-hybridized carbons (Fsp3) is 0.929. The highest BCUT2D eigenvalue weighted by atomic mass is 16.5. The first-order valence-electron chi connectivity index (χ1n) is 14.5. The topological polar surface area (TPSA) is 178 Å². The summed E-state index contributed by atoms with van der Waals surface area (Å²) in [5.41, 5.74) is 0. The lowest BCUT2D eigenvalue weighted by Gasteiger charge is -2.39. The van der Waals surface area contributed by atoms with Gasteiger partial charge >= 0.3 is 0 Å². The fourth-order valence-electron chi connectivity index (χ4n) is 4.48. The lowest BCUT2D eigenvalue weighted by atomic mass is 9.91. The van der Waals surface area contributed by atoms with Crippen molar-refractivity contribution in [3.8, 4) is 0 Å². The van der Waals surface area contributed by atoms with Crippen molar-refractivity contribution in [2.24, 2.45) is 11.8 Å². The van der Waals surface area contributed by atoms with Gasteiger partial charge in [0.15, 0.2) is 0 Å². The molecule has 7 atom stereocenters. The summed E-state index contributed by atoms with van der Waals surface area (Å²) in [6.07, 6.45) is 6.37. The van der Waals surface area contributed by atoms with E-state index in [1.54, 1.807) is 0 Å². The van der Waals surface area contributed by atoms with Gasteiger partial charge in [-0.15, -0.1) is 0 Å². The molecule has 230 valence electrons. The molecule has 2 amide bonds. The van der Waals surface area contributed by atoms with Crippen LogP contribution in [0.4, 0.5) is 0 Å². The molecule has 0 aromatic heterocycles. The second-order valence-corrected chi connectivity index (χ2v) is 11.3. The van der Waals surface area contributed by atoms with E-state index >= 15 is 0 Å². The van der Waals surface area contributed by atoms with Crippen LogP contribution in [0.5, 0.6) is 0 Å². The van der Waals surface area contributed by atoms with Gasteiger partial charge in [-0.05, 0) is 24.7 Å². The maximum atomic E-state index is 11.0. The Kier molecular flexibility index (Phi) is 18.0. The predicted octanol–water partition coefficient (Wildman–Crippen LogP) is 0.630. The smallest absolute Gasteiger partial charge is 0.217 e. The second kappa shape index (κ2) is 19.7. The van der Waals surface area contributed by atoms with Crippen LogP contribution in [0.3, 0.4) is 0 Å². The summed E-state index contributed by atoms with van der Waals surface area (Å²) in [4.78, 5) is 21.6. The molecule has 2 saturated carbocycles. The van der Waals surface area contributed by atoms with Gasteiger partial charge in [0.1, 0.15) is 18.3 Å². The Morgan fingerprint density at radius 3 is 1.82 bits per heavy atom. The highest BCUT2D eigenvalue weighted by molar-refractivity contribution is 5.73. The molecule has 2 aliphatic carbocycles. The van der Waals surface area contributed by atoms with Crippen molar-refractivity contribution < 1.29 is 44.6 Å². The summed E-state index contributed by atoms with van der Waals surface area (Å²) >= 11 is 0. The highest BCUT2D eigenvalue weighted by Crippen LogP contribution is 2.26. The van der Waals surface area contributed by atoms with Crippen LogP contribution >= 0.6 is 0 Å². The maximum absolute atomic E-state index is 11.0. The van der Waals surface area contributed by atoms with Crippen LogP contribution in [0.2, 0.25) is 0 Å². The molecule has 4 rings (SSSR count). The quantitative estimate of drug-likeness (QED) is 0.253. The van der Waals surface area contributed by atoms with E-state index in [-0.39, 0.29) is 24.5 Å².